The minimum atomic E-state index is -0.696. The maximum Gasteiger partial charge on any atom is 0.240 e. The molecule has 5 nitrogen and oxygen atoms in total. The van der Waals surface area contributed by atoms with Crippen molar-refractivity contribution in [1.29, 1.82) is 0 Å². The molecule has 1 aliphatic carbocycles. The number of para-hydroxylation sites is 2. The van der Waals surface area contributed by atoms with Crippen LogP contribution in [0.1, 0.15) is 44.5 Å². The summed E-state index contributed by atoms with van der Waals surface area (Å²) in [5.74, 6) is 0.797. The molecule has 1 aromatic carbocycles. The van der Waals surface area contributed by atoms with Crippen molar-refractivity contribution in [2.75, 3.05) is 0 Å². The summed E-state index contributed by atoms with van der Waals surface area (Å²) in [5.41, 5.74) is 7.52. The van der Waals surface area contributed by atoms with Crippen molar-refractivity contribution in [3.63, 3.8) is 0 Å². The first kappa shape index (κ1) is 19.7. The first-order chi connectivity index (χ1) is 10.0. The Labute approximate surface area is 148 Å². The van der Waals surface area contributed by atoms with Gasteiger partial charge in [0, 0.05) is 7.05 Å². The van der Waals surface area contributed by atoms with Crippen LogP contribution in [-0.2, 0) is 11.8 Å². The number of hydrogen-bond donors (Lipinski definition) is 2. The van der Waals surface area contributed by atoms with Crippen LogP contribution in [0, 0.1) is 0 Å². The number of imidazole rings is 1. The zero-order chi connectivity index (χ0) is 15.0. The van der Waals surface area contributed by atoms with E-state index in [9.17, 15) is 4.79 Å². The monoisotopic (exact) mass is 358 g/mol. The molecule has 2 aromatic rings. The summed E-state index contributed by atoms with van der Waals surface area (Å²) in [6.45, 7) is 1.96. The molecule has 1 heterocycles. The number of nitrogens with one attached hydrogen (secondary N) is 1. The predicted molar refractivity (Wildman–Crippen MR) is 97.2 cm³/mol. The Hall–Kier alpha value is -1.30. The minimum Gasteiger partial charge on any atom is -0.345 e. The molecule has 0 saturated heterocycles. The number of aryl methyl sites for hydroxylation is 1. The third-order valence-electron chi connectivity index (χ3n) is 4.50. The van der Waals surface area contributed by atoms with Crippen molar-refractivity contribution in [3.8, 4) is 0 Å². The number of carbonyl (C=O) groups excluding carboxylic acids is 1. The first-order valence-corrected chi connectivity index (χ1v) is 7.52. The van der Waals surface area contributed by atoms with Crippen LogP contribution < -0.4 is 11.1 Å². The van der Waals surface area contributed by atoms with Crippen molar-refractivity contribution in [2.24, 2.45) is 12.8 Å². The van der Waals surface area contributed by atoms with E-state index in [0.717, 1.165) is 42.5 Å². The summed E-state index contributed by atoms with van der Waals surface area (Å²) in [5, 5.41) is 3.03. The molecule has 3 N–H and O–H groups in total. The molecule has 128 valence electrons. The maximum absolute atomic E-state index is 12.4. The van der Waals surface area contributed by atoms with Crippen molar-refractivity contribution >= 4 is 41.8 Å². The predicted octanol–water partition coefficient (Wildman–Crippen LogP) is 2.87. The van der Waals surface area contributed by atoms with E-state index in [-0.39, 0.29) is 36.8 Å². The van der Waals surface area contributed by atoms with E-state index < -0.39 is 5.54 Å². The van der Waals surface area contributed by atoms with Gasteiger partial charge in [0.1, 0.15) is 5.82 Å². The van der Waals surface area contributed by atoms with E-state index in [2.05, 4.69) is 10.3 Å². The van der Waals surface area contributed by atoms with E-state index in [4.69, 9.17) is 5.73 Å². The molecule has 0 aliphatic heterocycles. The van der Waals surface area contributed by atoms with Gasteiger partial charge in [0.2, 0.25) is 5.91 Å². The molecule has 3 rings (SSSR count). The van der Waals surface area contributed by atoms with Crippen LogP contribution >= 0.6 is 24.8 Å². The molecule has 1 saturated carbocycles. The van der Waals surface area contributed by atoms with E-state index in [1.54, 1.807) is 0 Å². The number of halogens is 2. The van der Waals surface area contributed by atoms with Crippen LogP contribution in [0.5, 0.6) is 0 Å². The van der Waals surface area contributed by atoms with Gasteiger partial charge in [-0.05, 0) is 31.9 Å². The molecule has 1 aromatic heterocycles. The summed E-state index contributed by atoms with van der Waals surface area (Å²) in [6.07, 6.45) is 3.61. The van der Waals surface area contributed by atoms with Gasteiger partial charge in [0.05, 0.1) is 22.6 Å². The Bertz CT molecular complexity index is 680. The standard InChI is InChI=1S/C16H22N4O.2ClH/c1-11(18-15(21)16(17)9-5-6-10-16)14-19-12-7-3-4-8-13(12)20(14)2;;/h3-4,7-8,11H,5-6,9-10,17H2,1-2H3,(H,18,21);2*1H. The first-order valence-electron chi connectivity index (χ1n) is 7.52. The van der Waals surface area contributed by atoms with Gasteiger partial charge in [0.15, 0.2) is 0 Å². The summed E-state index contributed by atoms with van der Waals surface area (Å²) >= 11 is 0. The lowest BCUT2D eigenvalue weighted by Crippen LogP contribution is -2.52. The quantitative estimate of drug-likeness (QED) is 0.885. The number of amides is 1. The number of rotatable bonds is 3. The van der Waals surface area contributed by atoms with E-state index in [1.807, 2.05) is 42.8 Å². The molecular weight excluding hydrogens is 335 g/mol. The fourth-order valence-electron chi connectivity index (χ4n) is 3.19. The second kappa shape index (κ2) is 7.51. The van der Waals surface area contributed by atoms with Gasteiger partial charge in [-0.1, -0.05) is 25.0 Å². The zero-order valence-corrected chi connectivity index (χ0v) is 15.0. The topological polar surface area (TPSA) is 72.9 Å². The number of fused-ring (bicyclic) bond motifs is 1. The highest BCUT2D eigenvalue weighted by Gasteiger charge is 2.37. The molecule has 1 amide bonds. The number of nitrogens with zero attached hydrogens (tertiary/aromatic N) is 2. The van der Waals surface area contributed by atoms with Crippen molar-refractivity contribution in [2.45, 2.75) is 44.2 Å². The van der Waals surface area contributed by atoms with E-state index >= 15 is 0 Å². The summed E-state index contributed by atoms with van der Waals surface area (Å²) in [4.78, 5) is 17.0. The average Bonchev–Trinajstić information content (AvgIpc) is 3.05. The SMILES string of the molecule is CC(NC(=O)C1(N)CCCC1)c1nc2ccccc2n1C.Cl.Cl. The van der Waals surface area contributed by atoms with Crippen molar-refractivity contribution in [3.05, 3.63) is 30.1 Å². The Balaban J connectivity index is 0.00000132. The Morgan fingerprint density at radius 3 is 2.52 bits per heavy atom. The highest BCUT2D eigenvalue weighted by atomic mass is 35.5. The summed E-state index contributed by atoms with van der Waals surface area (Å²) in [6, 6.07) is 7.81. The molecule has 0 radical (unpaired) electrons. The van der Waals surface area contributed by atoms with Gasteiger partial charge in [0.25, 0.3) is 0 Å². The van der Waals surface area contributed by atoms with Crippen LogP contribution in [0.3, 0.4) is 0 Å². The lowest BCUT2D eigenvalue weighted by molar-refractivity contribution is -0.126. The van der Waals surface area contributed by atoms with E-state index in [1.165, 1.54) is 0 Å². The van der Waals surface area contributed by atoms with Gasteiger partial charge in [-0.3, -0.25) is 4.79 Å². The average molecular weight is 359 g/mol. The zero-order valence-electron chi connectivity index (χ0n) is 13.4. The minimum absolute atomic E-state index is 0. The molecule has 1 fully saturated rings. The number of nitrogens with two attached hydrogens (primary N) is 1. The van der Waals surface area contributed by atoms with Crippen LogP contribution in [0.4, 0.5) is 0 Å². The van der Waals surface area contributed by atoms with Crippen LogP contribution in [0.15, 0.2) is 24.3 Å². The molecule has 23 heavy (non-hydrogen) atoms. The Morgan fingerprint density at radius 2 is 1.91 bits per heavy atom. The smallest absolute Gasteiger partial charge is 0.240 e. The summed E-state index contributed by atoms with van der Waals surface area (Å²) < 4.78 is 2.03. The second-order valence-corrected chi connectivity index (χ2v) is 6.08. The second-order valence-electron chi connectivity index (χ2n) is 6.08. The third kappa shape index (κ3) is 3.62. The van der Waals surface area contributed by atoms with Gasteiger partial charge < -0.3 is 15.6 Å². The fourth-order valence-corrected chi connectivity index (χ4v) is 3.19. The van der Waals surface area contributed by atoms with Crippen LogP contribution in [0.2, 0.25) is 0 Å². The van der Waals surface area contributed by atoms with Gasteiger partial charge in [-0.2, -0.15) is 0 Å². The van der Waals surface area contributed by atoms with Gasteiger partial charge in [-0.25, -0.2) is 4.98 Å². The third-order valence-corrected chi connectivity index (χ3v) is 4.50. The van der Waals surface area contributed by atoms with Gasteiger partial charge in [-0.15, -0.1) is 24.8 Å². The fraction of sp³-hybridized carbons (Fsp3) is 0.500. The molecule has 0 bridgehead atoms. The Morgan fingerprint density at radius 1 is 1.30 bits per heavy atom. The number of aromatic nitrogens is 2. The lowest BCUT2D eigenvalue weighted by Gasteiger charge is -2.25. The maximum atomic E-state index is 12.4. The number of hydrogen-bond acceptors (Lipinski definition) is 3. The van der Waals surface area contributed by atoms with Crippen LogP contribution in [-0.4, -0.2) is 21.0 Å². The van der Waals surface area contributed by atoms with Gasteiger partial charge >= 0.3 is 0 Å². The molecular formula is C16H24Cl2N4O. The number of benzene rings is 1. The molecule has 0 spiro atoms. The van der Waals surface area contributed by atoms with Crippen LogP contribution in [0.25, 0.3) is 11.0 Å². The highest BCUT2D eigenvalue weighted by molar-refractivity contribution is 5.87. The highest BCUT2D eigenvalue weighted by Crippen LogP contribution is 2.28. The molecule has 7 heteroatoms. The number of carbonyl (C=O) groups is 1. The molecule has 1 aliphatic rings. The largest absolute Gasteiger partial charge is 0.345 e. The molecule has 1 atom stereocenters. The van der Waals surface area contributed by atoms with Crippen molar-refractivity contribution < 1.29 is 4.79 Å². The summed E-state index contributed by atoms with van der Waals surface area (Å²) in [7, 11) is 1.97. The van der Waals surface area contributed by atoms with E-state index in [0.29, 0.717) is 0 Å². The Kier molecular flexibility index (Phi) is 6.45. The normalized spacial score (nSPS) is 17.2. The molecule has 1 unspecified atom stereocenters. The lowest BCUT2D eigenvalue weighted by atomic mass is 9.98. The van der Waals surface area contributed by atoms with Crippen molar-refractivity contribution in [1.82, 2.24) is 14.9 Å².